The van der Waals surface area contributed by atoms with Gasteiger partial charge in [0.2, 0.25) is 5.91 Å². The predicted octanol–water partition coefficient (Wildman–Crippen LogP) is 3.24. The number of furan rings is 1. The molecule has 2 aromatic carbocycles. The second-order valence-corrected chi connectivity index (χ2v) is 9.29. The molecule has 0 spiro atoms. The average molecular weight is 395 g/mol. The van der Waals surface area contributed by atoms with Crippen molar-refractivity contribution in [2.24, 2.45) is 0 Å². The van der Waals surface area contributed by atoms with Crippen molar-refractivity contribution in [1.29, 1.82) is 0 Å². The lowest BCUT2D eigenvalue weighted by molar-refractivity contribution is -0.135. The van der Waals surface area contributed by atoms with Crippen LogP contribution in [0.25, 0.3) is 0 Å². The van der Waals surface area contributed by atoms with Crippen LogP contribution in [-0.4, -0.2) is 37.6 Å². The van der Waals surface area contributed by atoms with Gasteiger partial charge in [-0.15, -0.1) is 0 Å². The molecule has 3 aromatic rings. The minimum atomic E-state index is -3.36. The highest BCUT2D eigenvalue weighted by molar-refractivity contribution is 7.91. The number of sulfone groups is 1. The molecule has 2 heterocycles. The zero-order chi connectivity index (χ0) is 19.6. The summed E-state index contributed by atoms with van der Waals surface area (Å²) in [6, 6.07) is 22.5. The summed E-state index contributed by atoms with van der Waals surface area (Å²) in [5.74, 6) is -0.206. The highest BCUT2D eigenvalue weighted by atomic mass is 32.2. The van der Waals surface area contributed by atoms with Gasteiger partial charge in [-0.25, -0.2) is 8.42 Å². The first-order valence-corrected chi connectivity index (χ1v) is 10.9. The van der Waals surface area contributed by atoms with Crippen molar-refractivity contribution >= 4 is 15.7 Å². The van der Waals surface area contributed by atoms with E-state index in [0.717, 1.165) is 11.1 Å². The predicted molar refractivity (Wildman–Crippen MR) is 106 cm³/mol. The van der Waals surface area contributed by atoms with E-state index in [9.17, 15) is 13.2 Å². The summed E-state index contributed by atoms with van der Waals surface area (Å²) in [6.45, 7) is 0.441. The third kappa shape index (κ3) is 3.73. The summed E-state index contributed by atoms with van der Waals surface area (Å²) in [7, 11) is -3.36. The molecule has 1 aliphatic heterocycles. The van der Waals surface area contributed by atoms with Crippen molar-refractivity contribution in [3.05, 3.63) is 95.9 Å². The molecule has 0 atom stereocenters. The van der Waals surface area contributed by atoms with Crippen LogP contribution in [0.15, 0.2) is 83.5 Å². The standard InChI is InChI=1S/C22H21NO4S/c24-22(21(17-8-3-1-4-9-17)18-10-5-2-6-11-18)23-14-20(15-23)28(25,26)16-19-12-7-13-27-19/h1-13,20-21H,14-16H2. The molecular formula is C22H21NO4S. The Morgan fingerprint density at radius 2 is 1.50 bits per heavy atom. The third-order valence-electron chi connectivity index (χ3n) is 5.10. The molecule has 144 valence electrons. The Morgan fingerprint density at radius 3 is 2.00 bits per heavy atom. The highest BCUT2D eigenvalue weighted by Gasteiger charge is 2.42. The van der Waals surface area contributed by atoms with Gasteiger partial charge in [0.25, 0.3) is 0 Å². The number of likely N-dealkylation sites (tertiary alicyclic amines) is 1. The molecule has 0 aliphatic carbocycles. The summed E-state index contributed by atoms with van der Waals surface area (Å²) < 4.78 is 30.3. The van der Waals surface area contributed by atoms with E-state index >= 15 is 0 Å². The number of amides is 1. The topological polar surface area (TPSA) is 67.6 Å². The lowest BCUT2D eigenvalue weighted by Crippen LogP contribution is -2.58. The number of benzene rings is 2. The average Bonchev–Trinajstić information content (AvgIpc) is 3.14. The van der Waals surface area contributed by atoms with E-state index in [2.05, 4.69) is 0 Å². The molecule has 1 fully saturated rings. The van der Waals surface area contributed by atoms with Gasteiger partial charge in [-0.1, -0.05) is 60.7 Å². The van der Waals surface area contributed by atoms with Crippen molar-refractivity contribution in [2.75, 3.05) is 13.1 Å². The molecule has 0 N–H and O–H groups in total. The van der Waals surface area contributed by atoms with Crippen LogP contribution in [0.1, 0.15) is 22.8 Å². The SMILES string of the molecule is O=C(C(c1ccccc1)c1ccccc1)N1CC(S(=O)(=O)Cc2ccco2)C1. The molecule has 4 rings (SSSR count). The molecule has 0 unspecified atom stereocenters. The number of rotatable bonds is 6. The van der Waals surface area contributed by atoms with E-state index in [4.69, 9.17) is 4.42 Å². The van der Waals surface area contributed by atoms with Gasteiger partial charge < -0.3 is 9.32 Å². The van der Waals surface area contributed by atoms with E-state index in [1.807, 2.05) is 60.7 Å². The number of carbonyl (C=O) groups is 1. The van der Waals surface area contributed by atoms with Crippen molar-refractivity contribution in [2.45, 2.75) is 16.9 Å². The smallest absolute Gasteiger partial charge is 0.234 e. The van der Waals surface area contributed by atoms with Crippen LogP contribution >= 0.6 is 0 Å². The second kappa shape index (κ2) is 7.64. The van der Waals surface area contributed by atoms with Crippen LogP contribution in [0.2, 0.25) is 0 Å². The van der Waals surface area contributed by atoms with E-state index in [1.165, 1.54) is 6.26 Å². The molecule has 1 saturated heterocycles. The first kappa shape index (κ1) is 18.5. The Bertz CT molecular complexity index is 985. The quantitative estimate of drug-likeness (QED) is 0.643. The Morgan fingerprint density at radius 1 is 0.929 bits per heavy atom. The van der Waals surface area contributed by atoms with Gasteiger partial charge >= 0.3 is 0 Å². The first-order chi connectivity index (χ1) is 13.5. The van der Waals surface area contributed by atoms with Gasteiger partial charge in [0.1, 0.15) is 11.5 Å². The summed E-state index contributed by atoms with van der Waals surface area (Å²) in [5.41, 5.74) is 1.81. The summed E-state index contributed by atoms with van der Waals surface area (Å²) in [5, 5.41) is -0.547. The molecule has 6 heteroatoms. The van der Waals surface area contributed by atoms with E-state index < -0.39 is 21.0 Å². The summed E-state index contributed by atoms with van der Waals surface area (Å²) in [6.07, 6.45) is 1.46. The van der Waals surface area contributed by atoms with E-state index in [-0.39, 0.29) is 24.7 Å². The van der Waals surface area contributed by atoms with Crippen LogP contribution in [0.3, 0.4) is 0 Å². The number of hydrogen-bond acceptors (Lipinski definition) is 4. The highest BCUT2D eigenvalue weighted by Crippen LogP contribution is 2.30. The van der Waals surface area contributed by atoms with E-state index in [0.29, 0.717) is 5.76 Å². The minimum absolute atomic E-state index is 0.0677. The molecular weight excluding hydrogens is 374 g/mol. The second-order valence-electron chi connectivity index (χ2n) is 7.01. The summed E-state index contributed by atoms with van der Waals surface area (Å²) in [4.78, 5) is 14.9. The van der Waals surface area contributed by atoms with Gasteiger partial charge in [-0.3, -0.25) is 4.79 Å². The fraction of sp³-hybridized carbons (Fsp3) is 0.227. The minimum Gasteiger partial charge on any atom is -0.468 e. The van der Waals surface area contributed by atoms with E-state index in [1.54, 1.807) is 17.0 Å². The van der Waals surface area contributed by atoms with Gasteiger partial charge in [0.15, 0.2) is 9.84 Å². The Labute approximate surface area is 164 Å². The van der Waals surface area contributed by atoms with Crippen LogP contribution in [0, 0.1) is 0 Å². The molecule has 1 amide bonds. The zero-order valence-corrected chi connectivity index (χ0v) is 16.1. The number of carbonyl (C=O) groups excluding carboxylic acids is 1. The fourth-order valence-electron chi connectivity index (χ4n) is 3.51. The first-order valence-electron chi connectivity index (χ1n) is 9.17. The van der Waals surface area contributed by atoms with Gasteiger partial charge in [0.05, 0.1) is 17.4 Å². The maximum absolute atomic E-state index is 13.2. The molecule has 0 bridgehead atoms. The maximum atomic E-state index is 13.2. The lowest BCUT2D eigenvalue weighted by atomic mass is 9.89. The van der Waals surface area contributed by atoms with Gasteiger partial charge in [-0.05, 0) is 23.3 Å². The third-order valence-corrected chi connectivity index (χ3v) is 7.10. The van der Waals surface area contributed by atoms with Crippen molar-refractivity contribution < 1.29 is 17.6 Å². The van der Waals surface area contributed by atoms with Crippen LogP contribution in [0.5, 0.6) is 0 Å². The Balaban J connectivity index is 1.50. The lowest BCUT2D eigenvalue weighted by Gasteiger charge is -2.40. The van der Waals surface area contributed by atoms with Gasteiger partial charge in [0, 0.05) is 13.1 Å². The van der Waals surface area contributed by atoms with Crippen LogP contribution in [-0.2, 0) is 20.4 Å². The summed E-state index contributed by atoms with van der Waals surface area (Å²) >= 11 is 0. The fourth-order valence-corrected chi connectivity index (χ4v) is 5.12. The Hall–Kier alpha value is -2.86. The molecule has 1 aliphatic rings. The van der Waals surface area contributed by atoms with Crippen LogP contribution in [0.4, 0.5) is 0 Å². The molecule has 0 saturated carbocycles. The number of hydrogen-bond donors (Lipinski definition) is 0. The van der Waals surface area contributed by atoms with Crippen molar-refractivity contribution in [3.63, 3.8) is 0 Å². The Kier molecular flexibility index (Phi) is 5.05. The molecule has 28 heavy (non-hydrogen) atoms. The molecule has 5 nitrogen and oxygen atoms in total. The van der Waals surface area contributed by atoms with Crippen LogP contribution < -0.4 is 0 Å². The normalized spacial score (nSPS) is 14.8. The van der Waals surface area contributed by atoms with Gasteiger partial charge in [-0.2, -0.15) is 0 Å². The monoisotopic (exact) mass is 395 g/mol. The number of nitrogens with zero attached hydrogens (tertiary/aromatic N) is 1. The molecule has 1 aromatic heterocycles. The molecule has 0 radical (unpaired) electrons. The zero-order valence-electron chi connectivity index (χ0n) is 15.3. The largest absolute Gasteiger partial charge is 0.468 e. The van der Waals surface area contributed by atoms with Crippen molar-refractivity contribution in [1.82, 2.24) is 4.90 Å². The maximum Gasteiger partial charge on any atom is 0.234 e. The van der Waals surface area contributed by atoms with Crippen molar-refractivity contribution in [3.8, 4) is 0 Å².